The highest BCUT2D eigenvalue weighted by molar-refractivity contribution is 14.0. The van der Waals surface area contributed by atoms with Crippen LogP contribution in [0.5, 0.6) is 0 Å². The molecule has 0 saturated heterocycles. The molecule has 0 aliphatic carbocycles. The number of hydrogen-bond acceptors (Lipinski definition) is 4. The number of hydrogen-bond donors (Lipinski definition) is 2. The number of guanidine groups is 1. The van der Waals surface area contributed by atoms with E-state index in [1.807, 2.05) is 4.68 Å². The van der Waals surface area contributed by atoms with Gasteiger partial charge in [-0.3, -0.25) is 0 Å². The summed E-state index contributed by atoms with van der Waals surface area (Å²) in [5.74, 6) is 0.821. The molecular formula is C22H29IN6S. The van der Waals surface area contributed by atoms with Gasteiger partial charge >= 0.3 is 0 Å². The second-order valence-corrected chi connectivity index (χ2v) is 7.63. The van der Waals surface area contributed by atoms with Gasteiger partial charge < -0.3 is 10.6 Å². The van der Waals surface area contributed by atoms with E-state index in [0.717, 1.165) is 19.0 Å². The van der Waals surface area contributed by atoms with Crippen LogP contribution < -0.4 is 10.6 Å². The molecule has 0 fully saturated rings. The lowest BCUT2D eigenvalue weighted by Gasteiger charge is -2.14. The maximum Gasteiger partial charge on any atom is 0.191 e. The van der Waals surface area contributed by atoms with Gasteiger partial charge in [-0.1, -0.05) is 36.4 Å². The summed E-state index contributed by atoms with van der Waals surface area (Å²) in [6, 6.07) is 15.0. The minimum Gasteiger partial charge on any atom is -0.357 e. The van der Waals surface area contributed by atoms with Crippen molar-refractivity contribution in [2.45, 2.75) is 38.4 Å². The fourth-order valence-corrected chi connectivity index (χ4v) is 3.72. The molecule has 0 saturated carbocycles. The highest BCUT2D eigenvalue weighted by atomic mass is 127. The van der Waals surface area contributed by atoms with E-state index in [0.29, 0.717) is 13.1 Å². The standard InChI is InChI=1S/C22H28N6S.HI/c1-4-24-22(26-13-20-9-8-17(2)10-21(20)29-3)25-12-18-6-5-7-19(11-18)14-28-16-23-15-27-28;/h5-11,15-16H,4,12-14H2,1-3H3,(H2,24,25,26);1H. The molecule has 0 spiro atoms. The Morgan fingerprint density at radius 1 is 1.13 bits per heavy atom. The molecule has 2 N–H and O–H groups in total. The third kappa shape index (κ3) is 7.32. The van der Waals surface area contributed by atoms with Crippen molar-refractivity contribution in [2.75, 3.05) is 12.8 Å². The molecule has 0 radical (unpaired) electrons. The molecule has 0 aliphatic rings. The summed E-state index contributed by atoms with van der Waals surface area (Å²) in [6.45, 7) is 7.09. The summed E-state index contributed by atoms with van der Waals surface area (Å²) >= 11 is 1.78. The van der Waals surface area contributed by atoms with Crippen LogP contribution in [0.4, 0.5) is 0 Å². The van der Waals surface area contributed by atoms with E-state index >= 15 is 0 Å². The van der Waals surface area contributed by atoms with E-state index in [2.05, 4.69) is 83.3 Å². The van der Waals surface area contributed by atoms with Crippen LogP contribution >= 0.6 is 35.7 Å². The zero-order valence-electron chi connectivity index (χ0n) is 17.6. The summed E-state index contributed by atoms with van der Waals surface area (Å²) < 4.78 is 1.82. The molecule has 2 aromatic carbocycles. The Labute approximate surface area is 200 Å². The van der Waals surface area contributed by atoms with Gasteiger partial charge in [0.25, 0.3) is 0 Å². The molecular weight excluding hydrogens is 507 g/mol. The molecule has 3 rings (SSSR count). The number of aliphatic imine (C=N–C) groups is 1. The summed E-state index contributed by atoms with van der Waals surface area (Å²) in [5.41, 5.74) is 4.92. The molecule has 6 nitrogen and oxygen atoms in total. The van der Waals surface area contributed by atoms with Gasteiger partial charge in [-0.2, -0.15) is 5.10 Å². The molecule has 0 unspecified atom stereocenters. The average Bonchev–Trinajstić information content (AvgIpc) is 3.24. The van der Waals surface area contributed by atoms with Crippen LogP contribution in [0.15, 0.2) is 65.0 Å². The quantitative estimate of drug-likeness (QED) is 0.195. The van der Waals surface area contributed by atoms with Crippen LogP contribution in [0.1, 0.15) is 29.2 Å². The molecule has 1 aromatic heterocycles. The van der Waals surface area contributed by atoms with Gasteiger partial charge in [0.2, 0.25) is 0 Å². The SMILES string of the molecule is CCNC(=NCc1cccc(Cn2cncn2)c1)NCc1ccc(C)cc1SC.I. The minimum absolute atomic E-state index is 0. The molecule has 0 atom stereocenters. The Balaban J connectivity index is 0.00000320. The summed E-state index contributed by atoms with van der Waals surface area (Å²) in [7, 11) is 0. The molecule has 8 heteroatoms. The number of rotatable bonds is 8. The fourth-order valence-electron chi connectivity index (χ4n) is 3.02. The smallest absolute Gasteiger partial charge is 0.191 e. The lowest BCUT2D eigenvalue weighted by Crippen LogP contribution is -2.36. The Morgan fingerprint density at radius 2 is 1.97 bits per heavy atom. The van der Waals surface area contributed by atoms with E-state index in [9.17, 15) is 0 Å². The summed E-state index contributed by atoms with van der Waals surface area (Å²) in [6.07, 6.45) is 5.40. The van der Waals surface area contributed by atoms with Gasteiger partial charge in [0, 0.05) is 18.0 Å². The van der Waals surface area contributed by atoms with Crippen molar-refractivity contribution in [1.82, 2.24) is 25.4 Å². The van der Waals surface area contributed by atoms with Crippen molar-refractivity contribution in [2.24, 2.45) is 4.99 Å². The average molecular weight is 536 g/mol. The van der Waals surface area contributed by atoms with Gasteiger partial charge in [-0.25, -0.2) is 14.7 Å². The number of aromatic nitrogens is 3. The normalized spacial score (nSPS) is 11.1. The molecule has 3 aromatic rings. The maximum absolute atomic E-state index is 4.76. The first-order valence-corrected chi connectivity index (χ1v) is 11.0. The van der Waals surface area contributed by atoms with Crippen molar-refractivity contribution in [3.05, 3.63) is 77.4 Å². The van der Waals surface area contributed by atoms with Crippen LogP contribution in [-0.2, 0) is 19.6 Å². The highest BCUT2D eigenvalue weighted by Gasteiger charge is 2.04. The second-order valence-electron chi connectivity index (χ2n) is 6.78. The third-order valence-corrected chi connectivity index (χ3v) is 5.28. The van der Waals surface area contributed by atoms with Crippen molar-refractivity contribution < 1.29 is 0 Å². The fraction of sp³-hybridized carbons (Fsp3) is 0.318. The van der Waals surface area contributed by atoms with Crippen molar-refractivity contribution in [3.63, 3.8) is 0 Å². The predicted molar refractivity (Wildman–Crippen MR) is 136 cm³/mol. The predicted octanol–water partition coefficient (Wildman–Crippen LogP) is 4.23. The number of aryl methyl sites for hydroxylation is 1. The van der Waals surface area contributed by atoms with Gasteiger partial charge in [0.15, 0.2) is 5.96 Å². The number of benzene rings is 2. The van der Waals surface area contributed by atoms with Crippen LogP contribution in [0.2, 0.25) is 0 Å². The minimum atomic E-state index is 0. The zero-order chi connectivity index (χ0) is 20.5. The number of nitrogens with zero attached hydrogens (tertiary/aromatic N) is 4. The molecule has 1 heterocycles. The molecule has 30 heavy (non-hydrogen) atoms. The molecule has 0 amide bonds. The van der Waals surface area contributed by atoms with Crippen LogP contribution in [0.25, 0.3) is 0 Å². The van der Waals surface area contributed by atoms with Gasteiger partial charge in [-0.05, 0) is 48.4 Å². The Hall–Kier alpha value is -2.07. The van der Waals surface area contributed by atoms with E-state index < -0.39 is 0 Å². The van der Waals surface area contributed by atoms with Gasteiger partial charge in [0.05, 0.1) is 13.1 Å². The lowest BCUT2D eigenvalue weighted by atomic mass is 10.1. The number of nitrogens with one attached hydrogen (secondary N) is 2. The van der Waals surface area contributed by atoms with Crippen LogP contribution in [-0.4, -0.2) is 33.5 Å². The van der Waals surface area contributed by atoms with Crippen molar-refractivity contribution in [1.29, 1.82) is 0 Å². The topological polar surface area (TPSA) is 67.1 Å². The molecule has 0 aliphatic heterocycles. The Bertz CT molecular complexity index is 943. The molecule has 160 valence electrons. The number of halogens is 1. The van der Waals surface area contributed by atoms with Gasteiger partial charge in [0.1, 0.15) is 12.7 Å². The van der Waals surface area contributed by atoms with E-state index in [1.54, 1.807) is 24.4 Å². The van der Waals surface area contributed by atoms with Crippen LogP contribution in [0.3, 0.4) is 0 Å². The van der Waals surface area contributed by atoms with E-state index in [4.69, 9.17) is 4.99 Å². The van der Waals surface area contributed by atoms with Gasteiger partial charge in [-0.15, -0.1) is 35.7 Å². The monoisotopic (exact) mass is 536 g/mol. The van der Waals surface area contributed by atoms with E-state index in [-0.39, 0.29) is 24.0 Å². The Morgan fingerprint density at radius 3 is 2.70 bits per heavy atom. The summed E-state index contributed by atoms with van der Waals surface area (Å²) in [5, 5.41) is 11.0. The third-order valence-electron chi connectivity index (χ3n) is 4.46. The largest absolute Gasteiger partial charge is 0.357 e. The second kappa shape index (κ2) is 12.6. The Kier molecular flexibility index (Phi) is 10.2. The van der Waals surface area contributed by atoms with E-state index in [1.165, 1.54) is 27.1 Å². The van der Waals surface area contributed by atoms with Crippen molar-refractivity contribution in [3.8, 4) is 0 Å². The number of thioether (sulfide) groups is 1. The van der Waals surface area contributed by atoms with Crippen LogP contribution in [0, 0.1) is 6.92 Å². The highest BCUT2D eigenvalue weighted by Crippen LogP contribution is 2.21. The first kappa shape index (κ1) is 24.2. The first-order valence-electron chi connectivity index (χ1n) is 9.74. The first-order chi connectivity index (χ1) is 14.2. The maximum atomic E-state index is 4.76. The lowest BCUT2D eigenvalue weighted by molar-refractivity contribution is 0.684. The summed E-state index contributed by atoms with van der Waals surface area (Å²) in [4.78, 5) is 10.1. The zero-order valence-corrected chi connectivity index (χ0v) is 20.8. The molecule has 0 bridgehead atoms. The van der Waals surface area contributed by atoms with Crippen molar-refractivity contribution >= 4 is 41.7 Å².